The predicted octanol–water partition coefficient (Wildman–Crippen LogP) is 1.49. The molecular weight excluding hydrogens is 314 g/mol. The van der Waals surface area contributed by atoms with E-state index in [-0.39, 0.29) is 11.6 Å². The summed E-state index contributed by atoms with van der Waals surface area (Å²) < 4.78 is 0. The summed E-state index contributed by atoms with van der Waals surface area (Å²) in [5.74, 6) is -0.292. The minimum Gasteiger partial charge on any atom is -0.364 e. The predicted molar refractivity (Wildman–Crippen MR) is 85.0 cm³/mol. The maximum atomic E-state index is 12.7. The van der Waals surface area contributed by atoms with Gasteiger partial charge in [0.1, 0.15) is 16.9 Å². The zero-order valence-corrected chi connectivity index (χ0v) is 13.8. The second-order valence-corrected chi connectivity index (χ2v) is 6.51. The number of hydrogen-bond donors (Lipinski definition) is 1. The van der Waals surface area contributed by atoms with Gasteiger partial charge in [-0.05, 0) is 32.8 Å². The standard InChI is InChI=1S/C15H17N5O2S/c1-9-6-10(12(16)21)19-14(18-9)15(2)4-3-5-20(15)13(22)11-7-23-8-17-11/h6-8H,3-5H2,1-2H3,(H2,16,21)/t15-/m0/s1. The Labute approximate surface area is 137 Å². The van der Waals surface area contributed by atoms with Gasteiger partial charge in [0, 0.05) is 17.6 Å². The van der Waals surface area contributed by atoms with Gasteiger partial charge in [0.2, 0.25) is 0 Å². The number of hydrogen-bond acceptors (Lipinski definition) is 6. The third-order valence-corrected chi connectivity index (χ3v) is 4.71. The van der Waals surface area contributed by atoms with E-state index in [1.807, 2.05) is 6.92 Å². The highest BCUT2D eigenvalue weighted by molar-refractivity contribution is 7.07. The average Bonchev–Trinajstić information content (AvgIpc) is 3.16. The Morgan fingerprint density at radius 1 is 1.35 bits per heavy atom. The van der Waals surface area contributed by atoms with Crippen molar-refractivity contribution in [3.63, 3.8) is 0 Å². The molecule has 1 saturated heterocycles. The largest absolute Gasteiger partial charge is 0.364 e. The van der Waals surface area contributed by atoms with Crippen molar-refractivity contribution in [3.8, 4) is 0 Å². The molecule has 2 N–H and O–H groups in total. The van der Waals surface area contributed by atoms with Gasteiger partial charge in [-0.15, -0.1) is 11.3 Å². The van der Waals surface area contributed by atoms with Crippen LogP contribution in [-0.2, 0) is 5.54 Å². The summed E-state index contributed by atoms with van der Waals surface area (Å²) in [6.45, 7) is 4.31. The van der Waals surface area contributed by atoms with Crippen LogP contribution < -0.4 is 5.73 Å². The minimum absolute atomic E-state index is 0.142. The molecule has 0 radical (unpaired) electrons. The lowest BCUT2D eigenvalue weighted by molar-refractivity contribution is 0.0598. The van der Waals surface area contributed by atoms with Crippen molar-refractivity contribution in [2.24, 2.45) is 5.73 Å². The molecule has 8 heteroatoms. The number of carbonyl (C=O) groups is 2. The summed E-state index contributed by atoms with van der Waals surface area (Å²) in [4.78, 5) is 38.8. The number of aryl methyl sites for hydroxylation is 1. The first-order chi connectivity index (χ1) is 10.9. The van der Waals surface area contributed by atoms with E-state index in [0.717, 1.165) is 12.8 Å². The van der Waals surface area contributed by atoms with E-state index in [2.05, 4.69) is 15.0 Å². The van der Waals surface area contributed by atoms with E-state index in [1.165, 1.54) is 11.3 Å². The first-order valence-electron chi connectivity index (χ1n) is 7.28. The Bertz CT molecular complexity index is 761. The number of thiazole rings is 1. The number of aromatic nitrogens is 3. The average molecular weight is 331 g/mol. The fourth-order valence-electron chi connectivity index (χ4n) is 2.91. The molecule has 0 saturated carbocycles. The molecule has 0 aromatic carbocycles. The number of carbonyl (C=O) groups excluding carboxylic acids is 2. The van der Waals surface area contributed by atoms with Crippen LogP contribution in [0.15, 0.2) is 17.0 Å². The Morgan fingerprint density at radius 3 is 2.78 bits per heavy atom. The van der Waals surface area contributed by atoms with Crippen molar-refractivity contribution in [2.45, 2.75) is 32.2 Å². The SMILES string of the molecule is Cc1cc(C(N)=O)nc([C@]2(C)CCCN2C(=O)c2cscn2)n1. The Kier molecular flexibility index (Phi) is 3.85. The lowest BCUT2D eigenvalue weighted by Crippen LogP contribution is -2.44. The van der Waals surface area contributed by atoms with Crippen LogP contribution in [-0.4, -0.2) is 38.2 Å². The number of likely N-dealkylation sites (tertiary alicyclic amines) is 1. The quantitative estimate of drug-likeness (QED) is 0.918. The zero-order valence-electron chi connectivity index (χ0n) is 12.9. The summed E-state index contributed by atoms with van der Waals surface area (Å²) >= 11 is 1.38. The number of primary amides is 1. The number of amides is 2. The van der Waals surface area contributed by atoms with Crippen molar-refractivity contribution in [1.82, 2.24) is 19.9 Å². The van der Waals surface area contributed by atoms with Crippen LogP contribution in [0.25, 0.3) is 0 Å². The fourth-order valence-corrected chi connectivity index (χ4v) is 3.44. The lowest BCUT2D eigenvalue weighted by atomic mass is 9.97. The highest BCUT2D eigenvalue weighted by Gasteiger charge is 2.44. The summed E-state index contributed by atoms with van der Waals surface area (Å²) in [5, 5.41) is 1.73. The van der Waals surface area contributed by atoms with E-state index >= 15 is 0 Å². The van der Waals surface area contributed by atoms with Gasteiger partial charge in [-0.2, -0.15) is 0 Å². The maximum Gasteiger partial charge on any atom is 0.274 e. The third-order valence-electron chi connectivity index (χ3n) is 4.13. The van der Waals surface area contributed by atoms with Gasteiger partial charge < -0.3 is 10.6 Å². The van der Waals surface area contributed by atoms with Gasteiger partial charge >= 0.3 is 0 Å². The Balaban J connectivity index is 2.03. The fraction of sp³-hybridized carbons (Fsp3) is 0.400. The molecule has 0 spiro atoms. The molecule has 23 heavy (non-hydrogen) atoms. The number of rotatable bonds is 3. The van der Waals surface area contributed by atoms with Gasteiger partial charge in [-0.3, -0.25) is 9.59 Å². The van der Waals surface area contributed by atoms with Gasteiger partial charge in [0.25, 0.3) is 11.8 Å². The second kappa shape index (κ2) is 5.69. The molecule has 3 rings (SSSR count). The molecule has 2 aromatic heterocycles. The first-order valence-corrected chi connectivity index (χ1v) is 8.22. The zero-order chi connectivity index (χ0) is 16.6. The molecule has 1 aliphatic rings. The van der Waals surface area contributed by atoms with E-state index < -0.39 is 11.4 Å². The summed E-state index contributed by atoms with van der Waals surface area (Å²) in [6.07, 6.45) is 1.57. The van der Waals surface area contributed by atoms with Crippen molar-refractivity contribution in [2.75, 3.05) is 6.54 Å². The van der Waals surface area contributed by atoms with Crippen LogP contribution in [0, 0.1) is 6.92 Å². The van der Waals surface area contributed by atoms with Gasteiger partial charge in [-0.25, -0.2) is 15.0 Å². The van der Waals surface area contributed by atoms with Crippen LogP contribution >= 0.6 is 11.3 Å². The maximum absolute atomic E-state index is 12.7. The second-order valence-electron chi connectivity index (χ2n) is 5.79. The third kappa shape index (κ3) is 2.70. The first kappa shape index (κ1) is 15.5. The highest BCUT2D eigenvalue weighted by atomic mass is 32.1. The van der Waals surface area contributed by atoms with Crippen molar-refractivity contribution >= 4 is 23.2 Å². The number of nitrogens with two attached hydrogens (primary N) is 1. The van der Waals surface area contributed by atoms with Gasteiger partial charge in [0.05, 0.1) is 5.51 Å². The Morgan fingerprint density at radius 2 is 2.13 bits per heavy atom. The monoisotopic (exact) mass is 331 g/mol. The molecule has 1 aliphatic heterocycles. The lowest BCUT2D eigenvalue weighted by Gasteiger charge is -2.33. The highest BCUT2D eigenvalue weighted by Crippen LogP contribution is 2.37. The number of nitrogens with zero attached hydrogens (tertiary/aromatic N) is 4. The van der Waals surface area contributed by atoms with Crippen LogP contribution in [0.2, 0.25) is 0 Å². The molecule has 2 amide bonds. The van der Waals surface area contributed by atoms with Crippen LogP contribution in [0.3, 0.4) is 0 Å². The van der Waals surface area contributed by atoms with Crippen molar-refractivity contribution < 1.29 is 9.59 Å². The van der Waals surface area contributed by atoms with E-state index in [4.69, 9.17) is 5.73 Å². The topological polar surface area (TPSA) is 102 Å². The van der Waals surface area contributed by atoms with Gasteiger partial charge in [0.15, 0.2) is 5.82 Å². The van der Waals surface area contributed by atoms with Crippen LogP contribution in [0.5, 0.6) is 0 Å². The molecule has 1 atom stereocenters. The molecule has 0 bridgehead atoms. The summed E-state index contributed by atoms with van der Waals surface area (Å²) in [5.41, 5.74) is 7.55. The van der Waals surface area contributed by atoms with Crippen LogP contribution in [0.1, 0.15) is 52.3 Å². The minimum atomic E-state index is -0.670. The molecule has 7 nitrogen and oxygen atoms in total. The van der Waals surface area contributed by atoms with E-state index in [0.29, 0.717) is 23.8 Å². The molecule has 0 unspecified atom stereocenters. The van der Waals surface area contributed by atoms with E-state index in [1.54, 1.807) is 28.8 Å². The summed E-state index contributed by atoms with van der Waals surface area (Å²) in [7, 11) is 0. The Hall–Kier alpha value is -2.35. The normalized spacial score (nSPS) is 20.7. The smallest absolute Gasteiger partial charge is 0.274 e. The van der Waals surface area contributed by atoms with Crippen molar-refractivity contribution in [3.05, 3.63) is 39.9 Å². The molecule has 2 aromatic rings. The molecule has 0 aliphatic carbocycles. The van der Waals surface area contributed by atoms with Crippen molar-refractivity contribution in [1.29, 1.82) is 0 Å². The molecule has 120 valence electrons. The summed E-state index contributed by atoms with van der Waals surface area (Å²) in [6, 6.07) is 1.55. The van der Waals surface area contributed by atoms with Crippen LogP contribution in [0.4, 0.5) is 0 Å². The van der Waals surface area contributed by atoms with Gasteiger partial charge in [-0.1, -0.05) is 0 Å². The molecule has 3 heterocycles. The van der Waals surface area contributed by atoms with E-state index in [9.17, 15) is 9.59 Å². The molecule has 1 fully saturated rings. The molecular formula is C15H17N5O2S.